The highest BCUT2D eigenvalue weighted by molar-refractivity contribution is 7.99. The fraction of sp³-hybridized carbons (Fsp3) is 0.727. The summed E-state index contributed by atoms with van der Waals surface area (Å²) in [5, 5.41) is 4.59. The number of nitrogens with zero attached hydrogens (tertiary/aromatic N) is 1. The number of hydrogen-bond acceptors (Lipinski definition) is 4. The van der Waals surface area contributed by atoms with Gasteiger partial charge in [-0.3, -0.25) is 0 Å². The molecule has 2 nitrogen and oxygen atoms in total. The fourth-order valence-electron chi connectivity index (χ4n) is 1.16. The molecule has 0 fully saturated rings. The highest BCUT2D eigenvalue weighted by Crippen LogP contribution is 2.11. The molecule has 1 aromatic heterocycles. The van der Waals surface area contributed by atoms with E-state index in [4.69, 9.17) is 0 Å². The molecule has 0 atom stereocenters. The van der Waals surface area contributed by atoms with Gasteiger partial charge in [0.1, 0.15) is 0 Å². The number of nitrogens with one attached hydrogen (secondary N) is 1. The molecule has 1 rings (SSSR count). The second kappa shape index (κ2) is 7.25. The van der Waals surface area contributed by atoms with Crippen molar-refractivity contribution >= 4 is 23.1 Å². The molecule has 0 bridgehead atoms. The van der Waals surface area contributed by atoms with Crippen LogP contribution in [-0.2, 0) is 6.54 Å². The lowest BCUT2D eigenvalue weighted by Gasteiger charge is -2.05. The third kappa shape index (κ3) is 6.17. The molecule has 0 saturated heterocycles. The molecule has 1 aromatic rings. The number of rotatable bonds is 7. The first-order chi connectivity index (χ1) is 7.18. The van der Waals surface area contributed by atoms with E-state index in [0.717, 1.165) is 24.0 Å². The minimum atomic E-state index is 0.805. The lowest BCUT2D eigenvalue weighted by atomic mass is 10.3. The highest BCUT2D eigenvalue weighted by atomic mass is 32.2. The number of aryl methyl sites for hydroxylation is 1. The van der Waals surface area contributed by atoms with Crippen LogP contribution < -0.4 is 5.32 Å². The first-order valence-corrected chi connectivity index (χ1v) is 7.35. The number of hydrogen-bond donors (Lipinski definition) is 1. The Morgan fingerprint density at radius 2 is 2.33 bits per heavy atom. The van der Waals surface area contributed by atoms with Gasteiger partial charge < -0.3 is 5.32 Å². The van der Waals surface area contributed by atoms with Crippen molar-refractivity contribution in [2.75, 3.05) is 18.1 Å². The molecule has 0 aliphatic rings. The Labute approximate surface area is 101 Å². The van der Waals surface area contributed by atoms with E-state index in [-0.39, 0.29) is 0 Å². The van der Waals surface area contributed by atoms with Crippen molar-refractivity contribution in [3.05, 3.63) is 16.1 Å². The summed E-state index contributed by atoms with van der Waals surface area (Å²) in [6.07, 6.45) is 1.97. The lowest BCUT2D eigenvalue weighted by molar-refractivity contribution is 0.731. The van der Waals surface area contributed by atoms with Crippen LogP contribution in [-0.4, -0.2) is 23.0 Å². The third-order valence-electron chi connectivity index (χ3n) is 1.84. The minimum absolute atomic E-state index is 0.805. The van der Waals surface area contributed by atoms with Crippen molar-refractivity contribution in [1.29, 1.82) is 0 Å². The second-order valence-corrected chi connectivity index (χ2v) is 6.46. The Kier molecular flexibility index (Phi) is 6.29. The van der Waals surface area contributed by atoms with Crippen LogP contribution in [0.2, 0.25) is 0 Å². The maximum absolute atomic E-state index is 4.23. The topological polar surface area (TPSA) is 24.9 Å². The van der Waals surface area contributed by atoms with Crippen LogP contribution in [0.4, 0.5) is 0 Å². The standard InChI is InChI=1S/C11H20N2S2/c1-9(2)8-14-5-4-12-6-11-7-13-10(3)15-11/h7,9,12H,4-6,8H2,1-3H3. The molecule has 0 amide bonds. The van der Waals surface area contributed by atoms with Crippen molar-refractivity contribution in [1.82, 2.24) is 10.3 Å². The molecule has 0 radical (unpaired) electrons. The van der Waals surface area contributed by atoms with Gasteiger partial charge in [0.25, 0.3) is 0 Å². The zero-order valence-corrected chi connectivity index (χ0v) is 11.4. The van der Waals surface area contributed by atoms with Crippen molar-refractivity contribution in [2.45, 2.75) is 27.3 Å². The average molecular weight is 244 g/mol. The third-order valence-corrected chi connectivity index (χ3v) is 4.15. The predicted molar refractivity (Wildman–Crippen MR) is 70.7 cm³/mol. The van der Waals surface area contributed by atoms with Gasteiger partial charge in [0.05, 0.1) is 5.01 Å². The summed E-state index contributed by atoms with van der Waals surface area (Å²) in [5.41, 5.74) is 0. The van der Waals surface area contributed by atoms with E-state index >= 15 is 0 Å². The Bertz CT molecular complexity index is 271. The van der Waals surface area contributed by atoms with Gasteiger partial charge in [0, 0.05) is 29.9 Å². The minimum Gasteiger partial charge on any atom is -0.311 e. The molecule has 4 heteroatoms. The van der Waals surface area contributed by atoms with Crippen molar-refractivity contribution in [2.24, 2.45) is 5.92 Å². The summed E-state index contributed by atoms with van der Waals surface area (Å²) in [6.45, 7) is 8.63. The van der Waals surface area contributed by atoms with Crippen molar-refractivity contribution in [3.63, 3.8) is 0 Å². The van der Waals surface area contributed by atoms with Crippen LogP contribution in [0.25, 0.3) is 0 Å². The van der Waals surface area contributed by atoms with Gasteiger partial charge in [-0.05, 0) is 18.6 Å². The Hall–Kier alpha value is -0.0600. The SMILES string of the molecule is Cc1ncc(CNCCSCC(C)C)s1. The van der Waals surface area contributed by atoms with Crippen LogP contribution in [0.3, 0.4) is 0 Å². The molecule has 0 aliphatic carbocycles. The Balaban J connectivity index is 1.98. The largest absolute Gasteiger partial charge is 0.311 e. The van der Waals surface area contributed by atoms with Gasteiger partial charge >= 0.3 is 0 Å². The monoisotopic (exact) mass is 244 g/mol. The van der Waals surface area contributed by atoms with Crippen molar-refractivity contribution < 1.29 is 0 Å². The van der Waals surface area contributed by atoms with E-state index < -0.39 is 0 Å². The Morgan fingerprint density at radius 3 is 2.93 bits per heavy atom. The molecule has 86 valence electrons. The van der Waals surface area contributed by atoms with Crippen molar-refractivity contribution in [3.8, 4) is 0 Å². The van der Waals surface area contributed by atoms with E-state index in [1.54, 1.807) is 11.3 Å². The van der Waals surface area contributed by atoms with Gasteiger partial charge in [-0.2, -0.15) is 11.8 Å². The highest BCUT2D eigenvalue weighted by Gasteiger charge is 1.97. The van der Waals surface area contributed by atoms with E-state index in [0.29, 0.717) is 0 Å². The zero-order chi connectivity index (χ0) is 11.1. The molecule has 0 aromatic carbocycles. The number of thioether (sulfide) groups is 1. The van der Waals surface area contributed by atoms with E-state index in [2.05, 4.69) is 24.1 Å². The van der Waals surface area contributed by atoms with Gasteiger partial charge in [-0.1, -0.05) is 13.8 Å². The average Bonchev–Trinajstić information content (AvgIpc) is 2.57. The summed E-state index contributed by atoms with van der Waals surface area (Å²) in [6, 6.07) is 0. The summed E-state index contributed by atoms with van der Waals surface area (Å²) >= 11 is 3.80. The molecular formula is C11H20N2S2. The Morgan fingerprint density at radius 1 is 1.53 bits per heavy atom. The quantitative estimate of drug-likeness (QED) is 0.747. The predicted octanol–water partition coefficient (Wildman–Crippen LogP) is 2.93. The van der Waals surface area contributed by atoms with Crippen LogP contribution in [0.5, 0.6) is 0 Å². The first kappa shape index (κ1) is 13.0. The maximum atomic E-state index is 4.23. The molecule has 0 spiro atoms. The molecule has 15 heavy (non-hydrogen) atoms. The van der Waals surface area contributed by atoms with E-state index in [1.807, 2.05) is 24.9 Å². The van der Waals surface area contributed by atoms with Crippen LogP contribution in [0.1, 0.15) is 23.7 Å². The number of aromatic nitrogens is 1. The summed E-state index contributed by atoms with van der Waals surface area (Å²) in [7, 11) is 0. The van der Waals surface area contributed by atoms with Gasteiger partial charge in [-0.25, -0.2) is 4.98 Å². The molecule has 1 heterocycles. The van der Waals surface area contributed by atoms with Crippen LogP contribution in [0, 0.1) is 12.8 Å². The first-order valence-electron chi connectivity index (χ1n) is 5.38. The zero-order valence-electron chi connectivity index (χ0n) is 9.75. The summed E-state index contributed by atoms with van der Waals surface area (Å²) in [5.74, 6) is 3.27. The molecule has 0 unspecified atom stereocenters. The van der Waals surface area contributed by atoms with E-state index in [1.165, 1.54) is 16.4 Å². The summed E-state index contributed by atoms with van der Waals surface area (Å²) in [4.78, 5) is 5.56. The lowest BCUT2D eigenvalue weighted by Crippen LogP contribution is -2.16. The van der Waals surface area contributed by atoms with Crippen LogP contribution >= 0.6 is 23.1 Å². The van der Waals surface area contributed by atoms with E-state index in [9.17, 15) is 0 Å². The molecule has 1 N–H and O–H groups in total. The van der Waals surface area contributed by atoms with Gasteiger partial charge in [-0.15, -0.1) is 11.3 Å². The number of thiazole rings is 1. The van der Waals surface area contributed by atoms with Crippen LogP contribution in [0.15, 0.2) is 6.20 Å². The maximum Gasteiger partial charge on any atom is 0.0897 e. The summed E-state index contributed by atoms with van der Waals surface area (Å²) < 4.78 is 0. The smallest absolute Gasteiger partial charge is 0.0897 e. The normalized spacial score (nSPS) is 11.2. The van der Waals surface area contributed by atoms with Gasteiger partial charge in [0.2, 0.25) is 0 Å². The van der Waals surface area contributed by atoms with Gasteiger partial charge in [0.15, 0.2) is 0 Å². The molecule has 0 saturated carbocycles. The molecule has 0 aliphatic heterocycles. The fourth-order valence-corrected chi connectivity index (χ4v) is 2.85. The second-order valence-electron chi connectivity index (χ2n) is 3.99. The molecular weight excluding hydrogens is 224 g/mol.